The molecule has 1 aliphatic heterocycles. The Morgan fingerprint density at radius 1 is 1.75 bits per heavy atom. The van der Waals surface area contributed by atoms with E-state index in [-0.39, 0.29) is 5.25 Å². The lowest BCUT2D eigenvalue weighted by Crippen LogP contribution is -2.09. The third-order valence-corrected chi connectivity index (χ3v) is 2.49. The monoisotopic (exact) mass is 132 g/mol. The van der Waals surface area contributed by atoms with Gasteiger partial charge in [-0.05, 0) is 24.8 Å². The number of halogens is 1. The second-order valence-electron chi connectivity index (χ2n) is 2.10. The van der Waals surface area contributed by atoms with Crippen molar-refractivity contribution < 1.29 is 4.39 Å². The zero-order valence-corrected chi connectivity index (χ0v) is 5.83. The number of hydrogen-bond acceptors (Lipinski definition) is 1. The number of allylic oxidation sites excluding steroid dienone is 1. The minimum atomic E-state index is -0.694. The van der Waals surface area contributed by atoms with Crippen LogP contribution in [0.1, 0.15) is 13.8 Å². The Kier molecular flexibility index (Phi) is 1.61. The molecule has 0 nitrogen and oxygen atoms in total. The second-order valence-corrected chi connectivity index (χ2v) is 3.36. The summed E-state index contributed by atoms with van der Waals surface area (Å²) in [6.07, 6.45) is -0.694. The van der Waals surface area contributed by atoms with Crippen molar-refractivity contribution in [2.45, 2.75) is 25.3 Å². The maximum atomic E-state index is 12.6. The molecule has 0 amide bonds. The van der Waals surface area contributed by atoms with Crippen LogP contribution in [0.5, 0.6) is 0 Å². The van der Waals surface area contributed by atoms with Gasteiger partial charge in [-0.3, -0.25) is 0 Å². The van der Waals surface area contributed by atoms with Crippen molar-refractivity contribution in [3.63, 3.8) is 0 Å². The van der Waals surface area contributed by atoms with Crippen LogP contribution in [0.2, 0.25) is 0 Å². The molecule has 0 N–H and O–H groups in total. The van der Waals surface area contributed by atoms with Crippen LogP contribution in [0.15, 0.2) is 11.0 Å². The molecule has 0 fully saturated rings. The average Bonchev–Trinajstić information content (AvgIpc) is 1.98. The predicted molar refractivity (Wildman–Crippen MR) is 35.7 cm³/mol. The molecule has 0 radical (unpaired) electrons. The summed E-state index contributed by atoms with van der Waals surface area (Å²) in [5.41, 5.74) is 0.877. The Morgan fingerprint density at radius 3 is 2.50 bits per heavy atom. The molecule has 46 valence electrons. The van der Waals surface area contributed by atoms with E-state index >= 15 is 0 Å². The van der Waals surface area contributed by atoms with Crippen molar-refractivity contribution in [1.29, 1.82) is 0 Å². The number of hydrogen-bond donors (Lipinski definition) is 0. The first-order chi connectivity index (χ1) is 3.72. The molecule has 1 aliphatic rings. The molecule has 8 heavy (non-hydrogen) atoms. The van der Waals surface area contributed by atoms with E-state index in [4.69, 9.17) is 0 Å². The summed E-state index contributed by atoms with van der Waals surface area (Å²) in [5, 5.41) is 2.05. The first-order valence-corrected chi connectivity index (χ1v) is 3.62. The first kappa shape index (κ1) is 6.14. The van der Waals surface area contributed by atoms with Gasteiger partial charge in [-0.15, -0.1) is 11.8 Å². The highest BCUT2D eigenvalue weighted by Gasteiger charge is 2.22. The average molecular weight is 132 g/mol. The highest BCUT2D eigenvalue weighted by Crippen LogP contribution is 2.31. The molecule has 0 aromatic heterocycles. The number of alkyl halides is 1. The fourth-order valence-corrected chi connectivity index (χ4v) is 1.63. The molecule has 2 heteroatoms. The molecule has 1 rings (SSSR count). The van der Waals surface area contributed by atoms with Crippen LogP contribution in [0.4, 0.5) is 4.39 Å². The molecule has 0 spiro atoms. The van der Waals surface area contributed by atoms with Crippen LogP contribution in [-0.4, -0.2) is 11.4 Å². The minimum Gasteiger partial charge on any atom is -0.241 e. The maximum Gasteiger partial charge on any atom is 0.134 e. The molecular weight excluding hydrogens is 123 g/mol. The van der Waals surface area contributed by atoms with E-state index in [0.717, 1.165) is 5.57 Å². The molecule has 0 aromatic rings. The summed E-state index contributed by atoms with van der Waals surface area (Å²) in [6, 6.07) is 0. The maximum absolute atomic E-state index is 12.6. The van der Waals surface area contributed by atoms with Crippen LogP contribution in [0.25, 0.3) is 0 Å². The summed E-state index contributed by atoms with van der Waals surface area (Å²) in [4.78, 5) is 0. The van der Waals surface area contributed by atoms with Crippen molar-refractivity contribution in [3.05, 3.63) is 11.0 Å². The lowest BCUT2D eigenvalue weighted by molar-refractivity contribution is 0.385. The number of rotatable bonds is 0. The highest BCUT2D eigenvalue weighted by molar-refractivity contribution is 8.03. The minimum absolute atomic E-state index is 0.148. The molecule has 0 aliphatic carbocycles. The summed E-state index contributed by atoms with van der Waals surface area (Å²) in [5.74, 6) is 0. The molecule has 2 atom stereocenters. The third kappa shape index (κ3) is 0.895. The number of thioether (sulfide) groups is 1. The van der Waals surface area contributed by atoms with E-state index < -0.39 is 6.17 Å². The molecular formula is C6H9FS. The Hall–Kier alpha value is 0.0200. The van der Waals surface area contributed by atoms with Crippen LogP contribution >= 0.6 is 11.8 Å². The molecule has 0 bridgehead atoms. The van der Waals surface area contributed by atoms with Gasteiger partial charge in [0.15, 0.2) is 0 Å². The van der Waals surface area contributed by atoms with Gasteiger partial charge in [0, 0.05) is 5.25 Å². The summed E-state index contributed by atoms with van der Waals surface area (Å²) >= 11 is 1.58. The predicted octanol–water partition coefficient (Wildman–Crippen LogP) is 2.36. The van der Waals surface area contributed by atoms with Crippen molar-refractivity contribution in [2.24, 2.45) is 0 Å². The first-order valence-electron chi connectivity index (χ1n) is 2.68. The second kappa shape index (κ2) is 2.09. The van der Waals surface area contributed by atoms with Gasteiger partial charge in [-0.25, -0.2) is 4.39 Å². The largest absolute Gasteiger partial charge is 0.241 e. The molecule has 1 heterocycles. The Bertz CT molecular complexity index is 120. The quantitative estimate of drug-likeness (QED) is 0.487. The molecule has 0 saturated heterocycles. The molecule has 0 saturated carbocycles. The Labute approximate surface area is 53.2 Å². The van der Waals surface area contributed by atoms with E-state index in [2.05, 4.69) is 0 Å². The molecule has 0 aromatic carbocycles. The zero-order valence-electron chi connectivity index (χ0n) is 5.02. The smallest absolute Gasteiger partial charge is 0.134 e. The van der Waals surface area contributed by atoms with Crippen molar-refractivity contribution in [3.8, 4) is 0 Å². The fraction of sp³-hybridized carbons (Fsp3) is 0.667. The molecule has 2 unspecified atom stereocenters. The van der Waals surface area contributed by atoms with Crippen molar-refractivity contribution in [2.75, 3.05) is 0 Å². The fourth-order valence-electron chi connectivity index (χ4n) is 0.719. The SMILES string of the molecule is CC1=CSC(C)C1F. The van der Waals surface area contributed by atoms with Gasteiger partial charge in [0.05, 0.1) is 0 Å². The van der Waals surface area contributed by atoms with Gasteiger partial charge < -0.3 is 0 Å². The standard InChI is InChI=1S/C6H9FS/c1-4-3-8-5(2)6(4)7/h3,5-6H,1-2H3. The topological polar surface area (TPSA) is 0 Å². The van der Waals surface area contributed by atoms with Crippen LogP contribution in [-0.2, 0) is 0 Å². The van der Waals surface area contributed by atoms with E-state index in [0.29, 0.717) is 0 Å². The Balaban J connectivity index is 2.59. The van der Waals surface area contributed by atoms with Gasteiger partial charge in [0.1, 0.15) is 6.17 Å². The van der Waals surface area contributed by atoms with E-state index in [1.165, 1.54) is 0 Å². The normalized spacial score (nSPS) is 37.6. The van der Waals surface area contributed by atoms with Crippen LogP contribution in [0, 0.1) is 0 Å². The van der Waals surface area contributed by atoms with Crippen molar-refractivity contribution in [1.82, 2.24) is 0 Å². The van der Waals surface area contributed by atoms with Gasteiger partial charge in [0.2, 0.25) is 0 Å². The van der Waals surface area contributed by atoms with Crippen molar-refractivity contribution >= 4 is 11.8 Å². The summed E-state index contributed by atoms with van der Waals surface area (Å²) in [6.45, 7) is 3.74. The van der Waals surface area contributed by atoms with Gasteiger partial charge in [-0.1, -0.05) is 0 Å². The highest BCUT2D eigenvalue weighted by atomic mass is 32.2. The van der Waals surface area contributed by atoms with Crippen LogP contribution < -0.4 is 0 Å². The van der Waals surface area contributed by atoms with Crippen LogP contribution in [0.3, 0.4) is 0 Å². The van der Waals surface area contributed by atoms with Gasteiger partial charge in [0.25, 0.3) is 0 Å². The van der Waals surface area contributed by atoms with E-state index in [9.17, 15) is 4.39 Å². The van der Waals surface area contributed by atoms with E-state index in [1.807, 2.05) is 19.3 Å². The summed E-state index contributed by atoms with van der Waals surface area (Å²) in [7, 11) is 0. The summed E-state index contributed by atoms with van der Waals surface area (Å²) < 4.78 is 12.6. The van der Waals surface area contributed by atoms with E-state index in [1.54, 1.807) is 11.8 Å². The Morgan fingerprint density at radius 2 is 2.38 bits per heavy atom. The third-order valence-electron chi connectivity index (χ3n) is 1.32. The van der Waals surface area contributed by atoms with Gasteiger partial charge in [-0.2, -0.15) is 0 Å². The lowest BCUT2D eigenvalue weighted by atomic mass is 10.2. The lowest BCUT2D eigenvalue weighted by Gasteiger charge is -2.04. The zero-order chi connectivity index (χ0) is 6.15. The van der Waals surface area contributed by atoms with Gasteiger partial charge >= 0.3 is 0 Å².